The van der Waals surface area contributed by atoms with Crippen molar-refractivity contribution in [3.63, 3.8) is 0 Å². The lowest BCUT2D eigenvalue weighted by atomic mass is 10.1. The van der Waals surface area contributed by atoms with E-state index in [0.717, 1.165) is 5.56 Å². The summed E-state index contributed by atoms with van der Waals surface area (Å²) in [6, 6.07) is 10.9. The van der Waals surface area contributed by atoms with Crippen molar-refractivity contribution < 1.29 is 14.4 Å². The Labute approximate surface area is 221 Å². The van der Waals surface area contributed by atoms with Crippen molar-refractivity contribution in [2.45, 2.75) is 6.04 Å². The molecular formula is C25H26N10O4. The summed E-state index contributed by atoms with van der Waals surface area (Å²) in [5, 5.41) is 23.9. The van der Waals surface area contributed by atoms with E-state index in [4.69, 9.17) is 9.26 Å². The van der Waals surface area contributed by atoms with E-state index in [1.807, 2.05) is 35.2 Å². The van der Waals surface area contributed by atoms with Crippen LogP contribution in [0.1, 0.15) is 11.6 Å². The molecule has 0 spiro atoms. The van der Waals surface area contributed by atoms with Gasteiger partial charge in [-0.3, -0.25) is 14.6 Å². The summed E-state index contributed by atoms with van der Waals surface area (Å²) in [6.45, 7) is 2.38. The van der Waals surface area contributed by atoms with Gasteiger partial charge in [0.15, 0.2) is 5.65 Å². The number of pyridine rings is 1. The van der Waals surface area contributed by atoms with Gasteiger partial charge in [0.25, 0.3) is 17.4 Å². The maximum absolute atomic E-state index is 12.0. The van der Waals surface area contributed by atoms with Crippen LogP contribution in [0.3, 0.4) is 0 Å². The average Bonchev–Trinajstić information content (AvgIpc) is 3.57. The quantitative estimate of drug-likeness (QED) is 0.230. The molecule has 5 heterocycles. The zero-order valence-corrected chi connectivity index (χ0v) is 21.0. The van der Waals surface area contributed by atoms with Gasteiger partial charge in [0.05, 0.1) is 37.1 Å². The zero-order chi connectivity index (χ0) is 26.8. The molecule has 4 aromatic heterocycles. The zero-order valence-electron chi connectivity index (χ0n) is 21.0. The van der Waals surface area contributed by atoms with Crippen LogP contribution in [0.4, 0.5) is 23.4 Å². The van der Waals surface area contributed by atoms with Crippen LogP contribution >= 0.6 is 0 Å². The highest BCUT2D eigenvalue weighted by Crippen LogP contribution is 2.32. The summed E-state index contributed by atoms with van der Waals surface area (Å²) in [6.07, 6.45) is 3.06. The summed E-state index contributed by atoms with van der Waals surface area (Å²) in [4.78, 5) is 31.8. The van der Waals surface area contributed by atoms with E-state index in [1.165, 1.54) is 10.9 Å². The third-order valence-corrected chi connectivity index (χ3v) is 6.40. The molecule has 1 saturated heterocycles. The number of aromatic amines is 1. The second-order valence-corrected chi connectivity index (χ2v) is 8.96. The molecule has 1 aliphatic heterocycles. The number of hydrogen-bond donors (Lipinski definition) is 4. The van der Waals surface area contributed by atoms with Crippen molar-refractivity contribution in [2.24, 2.45) is 7.05 Å². The normalized spacial score (nSPS) is 14.5. The van der Waals surface area contributed by atoms with Crippen LogP contribution < -0.4 is 21.1 Å². The molecular weight excluding hydrogens is 504 g/mol. The van der Waals surface area contributed by atoms with Crippen LogP contribution in [0.15, 0.2) is 58.1 Å². The molecule has 0 saturated carbocycles. The molecule has 1 fully saturated rings. The Morgan fingerprint density at radius 2 is 1.95 bits per heavy atom. The van der Waals surface area contributed by atoms with Gasteiger partial charge in [-0.1, -0.05) is 30.3 Å². The molecule has 6 rings (SSSR count). The number of hydrogen-bond acceptors (Lipinski definition) is 12. The summed E-state index contributed by atoms with van der Waals surface area (Å²) < 4.78 is 12.6. The number of aliphatic hydroxyl groups excluding tert-OH is 1. The topological polar surface area (TPSA) is 172 Å². The lowest BCUT2D eigenvalue weighted by molar-refractivity contribution is 0.121. The molecule has 0 amide bonds. The second-order valence-electron chi connectivity index (χ2n) is 8.96. The predicted octanol–water partition coefficient (Wildman–Crippen LogP) is 1.83. The number of nitrogens with one attached hydrogen (secondary N) is 3. The highest BCUT2D eigenvalue weighted by atomic mass is 16.5. The Morgan fingerprint density at radius 1 is 1.13 bits per heavy atom. The minimum atomic E-state index is -0.413. The number of morpholine rings is 1. The number of benzene rings is 1. The molecule has 0 aliphatic carbocycles. The molecule has 39 heavy (non-hydrogen) atoms. The van der Waals surface area contributed by atoms with Gasteiger partial charge >= 0.3 is 0 Å². The van der Waals surface area contributed by atoms with Crippen molar-refractivity contribution in [3.8, 4) is 11.5 Å². The number of ether oxygens (including phenoxy) is 1. The molecule has 0 bridgehead atoms. The highest BCUT2D eigenvalue weighted by Gasteiger charge is 2.22. The fraction of sp³-hybridized carbons (Fsp3) is 0.280. The van der Waals surface area contributed by atoms with Gasteiger partial charge in [0, 0.05) is 38.6 Å². The number of H-pyrrole nitrogens is 1. The highest BCUT2D eigenvalue weighted by molar-refractivity contribution is 5.77. The van der Waals surface area contributed by atoms with Crippen LogP contribution in [-0.2, 0) is 11.8 Å². The van der Waals surface area contributed by atoms with Crippen molar-refractivity contribution in [3.05, 3.63) is 64.7 Å². The van der Waals surface area contributed by atoms with Crippen molar-refractivity contribution in [1.29, 1.82) is 0 Å². The van der Waals surface area contributed by atoms with Crippen LogP contribution in [0.2, 0.25) is 0 Å². The van der Waals surface area contributed by atoms with Gasteiger partial charge in [-0.05, 0) is 10.7 Å². The Bertz CT molecular complexity index is 1640. The van der Waals surface area contributed by atoms with Gasteiger partial charge in [-0.25, -0.2) is 9.97 Å². The van der Waals surface area contributed by atoms with E-state index in [9.17, 15) is 9.90 Å². The molecule has 0 radical (unpaired) electrons. The summed E-state index contributed by atoms with van der Waals surface area (Å²) in [5.41, 5.74) is 2.26. The Kier molecular flexibility index (Phi) is 6.61. The van der Waals surface area contributed by atoms with E-state index in [2.05, 4.69) is 40.8 Å². The number of fused-ring (bicyclic) bond motifs is 1. The first kappa shape index (κ1) is 24.5. The third-order valence-electron chi connectivity index (χ3n) is 6.40. The minimum Gasteiger partial charge on any atom is -0.394 e. The van der Waals surface area contributed by atoms with E-state index >= 15 is 0 Å². The summed E-state index contributed by atoms with van der Waals surface area (Å²) in [5.74, 6) is 1.45. The first-order valence-corrected chi connectivity index (χ1v) is 12.4. The Hall–Kier alpha value is -4.82. The van der Waals surface area contributed by atoms with Crippen molar-refractivity contribution >= 4 is 34.4 Å². The van der Waals surface area contributed by atoms with Crippen LogP contribution in [0.25, 0.3) is 22.5 Å². The van der Waals surface area contributed by atoms with Crippen LogP contribution in [-0.4, -0.2) is 72.9 Å². The molecule has 1 aromatic carbocycles. The maximum atomic E-state index is 12.0. The van der Waals surface area contributed by atoms with Gasteiger partial charge in [-0.15, -0.1) is 0 Å². The SMILES string of the molecule is Cn1[nH]c(=O)c2cnc(Nc3cc(N[C@H](CO)c4ccccc4)c(-c4nc(N5CCOCC5)no4)cn3)nc21. The summed E-state index contributed by atoms with van der Waals surface area (Å²) >= 11 is 0. The lowest BCUT2D eigenvalue weighted by Gasteiger charge is -2.24. The smallest absolute Gasteiger partial charge is 0.275 e. The number of aryl methyl sites for hydroxylation is 1. The van der Waals surface area contributed by atoms with Gasteiger partial charge < -0.3 is 29.9 Å². The van der Waals surface area contributed by atoms with Gasteiger partial charge in [0.1, 0.15) is 11.2 Å². The predicted molar refractivity (Wildman–Crippen MR) is 143 cm³/mol. The van der Waals surface area contributed by atoms with Crippen molar-refractivity contribution in [1.82, 2.24) is 34.9 Å². The Balaban J connectivity index is 1.35. The second kappa shape index (κ2) is 10.5. The van der Waals surface area contributed by atoms with E-state index < -0.39 is 6.04 Å². The van der Waals surface area contributed by atoms with E-state index in [-0.39, 0.29) is 24.0 Å². The van der Waals surface area contributed by atoms with Crippen LogP contribution in [0, 0.1) is 0 Å². The number of aliphatic hydroxyl groups is 1. The maximum Gasteiger partial charge on any atom is 0.275 e. The molecule has 14 nitrogen and oxygen atoms in total. The summed E-state index contributed by atoms with van der Waals surface area (Å²) in [7, 11) is 1.70. The molecule has 0 unspecified atom stereocenters. The largest absolute Gasteiger partial charge is 0.394 e. The van der Waals surface area contributed by atoms with E-state index in [0.29, 0.717) is 60.4 Å². The average molecular weight is 531 g/mol. The molecule has 14 heteroatoms. The number of rotatable bonds is 8. The fourth-order valence-electron chi connectivity index (χ4n) is 4.37. The van der Waals surface area contributed by atoms with Gasteiger partial charge in [-0.2, -0.15) is 9.97 Å². The monoisotopic (exact) mass is 530 g/mol. The van der Waals surface area contributed by atoms with Gasteiger partial charge in [0.2, 0.25) is 5.95 Å². The third kappa shape index (κ3) is 5.02. The Morgan fingerprint density at radius 3 is 2.74 bits per heavy atom. The van der Waals surface area contributed by atoms with Crippen molar-refractivity contribution in [2.75, 3.05) is 48.4 Å². The number of aromatic nitrogens is 7. The molecule has 5 aromatic rings. The fourth-order valence-corrected chi connectivity index (χ4v) is 4.37. The molecule has 1 aliphatic rings. The molecule has 200 valence electrons. The first-order chi connectivity index (χ1) is 19.1. The minimum absolute atomic E-state index is 0.154. The number of anilines is 4. The first-order valence-electron chi connectivity index (χ1n) is 12.4. The molecule has 4 N–H and O–H groups in total. The lowest BCUT2D eigenvalue weighted by Crippen LogP contribution is -2.36. The van der Waals surface area contributed by atoms with E-state index in [1.54, 1.807) is 19.3 Å². The number of nitrogens with zero attached hydrogens (tertiary/aromatic N) is 7. The molecule has 1 atom stereocenters. The van der Waals surface area contributed by atoms with Crippen LogP contribution in [0.5, 0.6) is 0 Å². The standard InChI is InChI=1S/C25H26N10O4/c1-34-21-17(22(37)32-34)13-27-24(30-21)29-20-11-18(28-19(14-36)15-5-3-2-4-6-15)16(12-26-20)23-31-25(33-39-23)35-7-9-38-10-8-35/h2-6,11-13,19,36H,7-10,14H2,1H3,(H,32,37)(H2,26,27,28,29,30)/t19-/m1/s1.